The molecule has 0 bridgehead atoms. The molecule has 0 radical (unpaired) electrons. The smallest absolute Gasteiger partial charge is 0.310 e. The fourth-order valence-electron chi connectivity index (χ4n) is 2.21. The van der Waals surface area contributed by atoms with E-state index in [1.807, 2.05) is 12.1 Å². The van der Waals surface area contributed by atoms with Gasteiger partial charge in [-0.25, -0.2) is 0 Å². The molecule has 0 aliphatic heterocycles. The van der Waals surface area contributed by atoms with Gasteiger partial charge < -0.3 is 15.5 Å². The summed E-state index contributed by atoms with van der Waals surface area (Å²) in [5.41, 5.74) is 0.742. The molecule has 0 heterocycles. The van der Waals surface area contributed by atoms with Crippen molar-refractivity contribution in [2.45, 2.75) is 46.3 Å². The molecule has 0 aromatic heterocycles. The molecule has 116 valence electrons. The molecule has 1 amide bonds. The molecule has 0 saturated heterocycles. The standard InChI is InChI=1S/C16H23NO4/c1-3-16(4-2,15(20)21)9-14(19)17-10-12-5-7-13(11-18)8-6-12/h5-8,18H,3-4,9-11H2,1-2H3,(H,17,19)(H,20,21). The lowest BCUT2D eigenvalue weighted by Gasteiger charge is -2.25. The summed E-state index contributed by atoms with van der Waals surface area (Å²) in [6.45, 7) is 3.92. The minimum Gasteiger partial charge on any atom is -0.481 e. The summed E-state index contributed by atoms with van der Waals surface area (Å²) in [5, 5.41) is 21.0. The Kier molecular flexibility index (Phi) is 6.37. The molecular weight excluding hydrogens is 270 g/mol. The molecule has 0 aliphatic rings. The van der Waals surface area contributed by atoms with Crippen molar-refractivity contribution in [3.8, 4) is 0 Å². The topological polar surface area (TPSA) is 86.6 Å². The van der Waals surface area contributed by atoms with Crippen LogP contribution in [0.1, 0.15) is 44.2 Å². The second-order valence-electron chi connectivity index (χ2n) is 5.22. The molecule has 1 aromatic carbocycles. The van der Waals surface area contributed by atoms with Gasteiger partial charge in [0.05, 0.1) is 12.0 Å². The predicted molar refractivity (Wildman–Crippen MR) is 79.5 cm³/mol. The number of aliphatic carboxylic acids is 1. The number of carbonyl (C=O) groups is 2. The number of carboxylic acid groups (broad SMARTS) is 1. The van der Waals surface area contributed by atoms with E-state index in [0.717, 1.165) is 11.1 Å². The van der Waals surface area contributed by atoms with E-state index in [9.17, 15) is 14.7 Å². The summed E-state index contributed by atoms with van der Waals surface area (Å²) in [5.74, 6) is -1.18. The van der Waals surface area contributed by atoms with E-state index >= 15 is 0 Å². The number of carbonyl (C=O) groups excluding carboxylic acids is 1. The van der Waals surface area contributed by atoms with Crippen molar-refractivity contribution in [1.82, 2.24) is 5.32 Å². The van der Waals surface area contributed by atoms with Gasteiger partial charge in [-0.15, -0.1) is 0 Å². The number of carboxylic acids is 1. The molecule has 21 heavy (non-hydrogen) atoms. The van der Waals surface area contributed by atoms with E-state index in [4.69, 9.17) is 5.11 Å². The number of hydrogen-bond acceptors (Lipinski definition) is 3. The van der Waals surface area contributed by atoms with E-state index in [1.165, 1.54) is 0 Å². The fraction of sp³-hybridized carbons (Fsp3) is 0.500. The van der Waals surface area contributed by atoms with Gasteiger partial charge in [-0.2, -0.15) is 0 Å². The maximum absolute atomic E-state index is 12.0. The first kappa shape index (κ1) is 17.2. The second kappa shape index (κ2) is 7.78. The zero-order valence-electron chi connectivity index (χ0n) is 12.6. The maximum atomic E-state index is 12.0. The summed E-state index contributed by atoms with van der Waals surface area (Å²) >= 11 is 0. The minimum atomic E-state index is -0.981. The normalized spacial score (nSPS) is 11.2. The van der Waals surface area contributed by atoms with Crippen LogP contribution in [-0.2, 0) is 22.7 Å². The van der Waals surface area contributed by atoms with Gasteiger partial charge >= 0.3 is 5.97 Å². The average molecular weight is 293 g/mol. The molecule has 1 rings (SSSR count). The van der Waals surface area contributed by atoms with Crippen molar-refractivity contribution in [3.05, 3.63) is 35.4 Å². The Morgan fingerprint density at radius 3 is 2.05 bits per heavy atom. The summed E-state index contributed by atoms with van der Waals surface area (Å²) < 4.78 is 0. The lowest BCUT2D eigenvalue weighted by molar-refractivity contribution is -0.152. The molecular formula is C16H23NO4. The number of benzene rings is 1. The number of nitrogens with one attached hydrogen (secondary N) is 1. The van der Waals surface area contributed by atoms with Crippen LogP contribution >= 0.6 is 0 Å². The summed E-state index contributed by atoms with van der Waals surface area (Å²) in [7, 11) is 0. The first-order valence-corrected chi connectivity index (χ1v) is 7.16. The maximum Gasteiger partial charge on any atom is 0.310 e. The Hall–Kier alpha value is -1.88. The van der Waals surface area contributed by atoms with Gasteiger partial charge in [-0.05, 0) is 24.0 Å². The monoisotopic (exact) mass is 293 g/mol. The number of hydrogen-bond donors (Lipinski definition) is 3. The molecule has 0 saturated carbocycles. The minimum absolute atomic E-state index is 0.00986. The summed E-state index contributed by atoms with van der Waals surface area (Å²) in [4.78, 5) is 23.3. The van der Waals surface area contributed by atoms with Crippen LogP contribution in [0.4, 0.5) is 0 Å². The van der Waals surface area contributed by atoms with E-state index in [0.29, 0.717) is 19.4 Å². The summed E-state index contributed by atoms with van der Waals surface area (Å²) in [6, 6.07) is 7.24. The molecule has 0 atom stereocenters. The highest BCUT2D eigenvalue weighted by molar-refractivity contribution is 5.84. The van der Waals surface area contributed by atoms with Crippen molar-refractivity contribution in [2.24, 2.45) is 5.41 Å². The van der Waals surface area contributed by atoms with Gasteiger partial charge in [0.15, 0.2) is 0 Å². The Balaban J connectivity index is 2.58. The van der Waals surface area contributed by atoms with Gasteiger partial charge in [0.1, 0.15) is 0 Å². The zero-order valence-corrected chi connectivity index (χ0v) is 12.6. The number of rotatable bonds is 8. The van der Waals surface area contributed by atoms with Crippen LogP contribution in [0.25, 0.3) is 0 Å². The van der Waals surface area contributed by atoms with Gasteiger partial charge in [-0.3, -0.25) is 9.59 Å². The Morgan fingerprint density at radius 1 is 1.10 bits per heavy atom. The van der Waals surface area contributed by atoms with E-state index in [-0.39, 0.29) is 18.9 Å². The average Bonchev–Trinajstić information content (AvgIpc) is 2.50. The Morgan fingerprint density at radius 2 is 1.62 bits per heavy atom. The molecule has 0 fully saturated rings. The van der Waals surface area contributed by atoms with Crippen LogP contribution < -0.4 is 5.32 Å². The lowest BCUT2D eigenvalue weighted by atomic mass is 9.79. The van der Waals surface area contributed by atoms with Gasteiger partial charge in [-0.1, -0.05) is 38.1 Å². The number of aliphatic hydroxyl groups is 1. The predicted octanol–water partition coefficient (Wildman–Crippen LogP) is 2.08. The number of aliphatic hydroxyl groups excluding tert-OH is 1. The first-order valence-electron chi connectivity index (χ1n) is 7.16. The highest BCUT2D eigenvalue weighted by Crippen LogP contribution is 2.30. The SMILES string of the molecule is CCC(CC)(CC(=O)NCc1ccc(CO)cc1)C(=O)O. The third-order valence-corrected chi connectivity index (χ3v) is 4.00. The largest absolute Gasteiger partial charge is 0.481 e. The van der Waals surface area contributed by atoms with E-state index in [1.54, 1.807) is 26.0 Å². The Bertz CT molecular complexity index is 478. The molecule has 5 nitrogen and oxygen atoms in total. The van der Waals surface area contributed by atoms with E-state index in [2.05, 4.69) is 5.32 Å². The molecule has 0 unspecified atom stereocenters. The van der Waals surface area contributed by atoms with Gasteiger partial charge in [0, 0.05) is 13.0 Å². The quantitative estimate of drug-likeness (QED) is 0.685. The van der Waals surface area contributed by atoms with Crippen molar-refractivity contribution in [1.29, 1.82) is 0 Å². The molecule has 0 aliphatic carbocycles. The zero-order chi connectivity index (χ0) is 15.9. The Labute approximate surface area is 125 Å². The van der Waals surface area contributed by atoms with Crippen LogP contribution in [0, 0.1) is 5.41 Å². The molecule has 3 N–H and O–H groups in total. The van der Waals surface area contributed by atoms with Crippen LogP contribution in [-0.4, -0.2) is 22.1 Å². The highest BCUT2D eigenvalue weighted by atomic mass is 16.4. The van der Waals surface area contributed by atoms with Crippen LogP contribution in [0.3, 0.4) is 0 Å². The van der Waals surface area contributed by atoms with Crippen molar-refractivity contribution >= 4 is 11.9 Å². The second-order valence-corrected chi connectivity index (χ2v) is 5.22. The third-order valence-electron chi connectivity index (χ3n) is 4.00. The third kappa shape index (κ3) is 4.56. The van der Waals surface area contributed by atoms with Crippen LogP contribution in [0.15, 0.2) is 24.3 Å². The highest BCUT2D eigenvalue weighted by Gasteiger charge is 2.36. The van der Waals surface area contributed by atoms with Crippen LogP contribution in [0.5, 0.6) is 0 Å². The van der Waals surface area contributed by atoms with Crippen LogP contribution in [0.2, 0.25) is 0 Å². The summed E-state index contributed by atoms with van der Waals surface area (Å²) in [6.07, 6.45) is 0.846. The lowest BCUT2D eigenvalue weighted by Crippen LogP contribution is -2.36. The van der Waals surface area contributed by atoms with E-state index < -0.39 is 11.4 Å². The van der Waals surface area contributed by atoms with Gasteiger partial charge in [0.2, 0.25) is 5.91 Å². The molecule has 5 heteroatoms. The fourth-order valence-corrected chi connectivity index (χ4v) is 2.21. The van der Waals surface area contributed by atoms with Crippen molar-refractivity contribution < 1.29 is 19.8 Å². The van der Waals surface area contributed by atoms with Crippen molar-refractivity contribution in [2.75, 3.05) is 0 Å². The first-order chi connectivity index (χ1) is 9.97. The van der Waals surface area contributed by atoms with Crippen molar-refractivity contribution in [3.63, 3.8) is 0 Å². The number of amides is 1. The molecule has 0 spiro atoms. The van der Waals surface area contributed by atoms with Gasteiger partial charge in [0.25, 0.3) is 0 Å². The molecule has 1 aromatic rings.